The van der Waals surface area contributed by atoms with Crippen molar-refractivity contribution in [1.29, 1.82) is 0 Å². The number of allylic oxidation sites excluding steroid dienone is 12. The van der Waals surface area contributed by atoms with E-state index in [1.54, 1.807) is 0 Å². The minimum Gasteiger partial charge on any atom is -0.822 e. The molecule has 3 aromatic rings. The van der Waals surface area contributed by atoms with E-state index in [9.17, 15) is 0 Å². The normalized spacial score (nSPS) is 15.7. The molecule has 101 heavy (non-hydrogen) atoms. The van der Waals surface area contributed by atoms with Gasteiger partial charge in [-0.2, -0.15) is 60.9 Å². The van der Waals surface area contributed by atoms with E-state index < -0.39 is 7.82 Å². The third-order valence-corrected chi connectivity index (χ3v) is 17.5. The van der Waals surface area contributed by atoms with Crippen molar-refractivity contribution in [2.45, 2.75) is 301 Å². The van der Waals surface area contributed by atoms with Gasteiger partial charge in [-0.05, 0) is 68.5 Å². The van der Waals surface area contributed by atoms with Crippen LogP contribution < -0.4 is 118 Å². The predicted molar refractivity (Wildman–Crippen MR) is 404 cm³/mol. The van der Waals surface area contributed by atoms with Crippen LogP contribution in [-0.4, -0.2) is 0 Å². The molecular formula is C87H129Na3O10P-3. The second-order valence-corrected chi connectivity index (χ2v) is 40.3. The molecule has 0 radical (unpaired) electrons. The van der Waals surface area contributed by atoms with Gasteiger partial charge in [0.05, 0.1) is 17.2 Å². The smallest absolute Gasteiger partial charge is 0.822 e. The van der Waals surface area contributed by atoms with E-state index in [-0.39, 0.29) is 154 Å². The van der Waals surface area contributed by atoms with Crippen molar-refractivity contribution in [1.82, 2.24) is 0 Å². The molecule has 0 heterocycles. The predicted octanol–water partition coefficient (Wildman–Crippen LogP) is 14.1. The molecule has 10 nitrogen and oxygen atoms in total. The second kappa shape index (κ2) is 35.5. The second-order valence-electron chi connectivity index (χ2n) is 39.4. The van der Waals surface area contributed by atoms with Crippen molar-refractivity contribution in [3.63, 3.8) is 0 Å². The van der Waals surface area contributed by atoms with E-state index in [4.69, 9.17) is 48.6 Å². The molecule has 0 atom stereocenters. The van der Waals surface area contributed by atoms with Gasteiger partial charge in [0.15, 0.2) is 17.3 Å². The van der Waals surface area contributed by atoms with Gasteiger partial charge in [-0.25, -0.2) is 0 Å². The van der Waals surface area contributed by atoms with Crippen molar-refractivity contribution >= 4 is 7.82 Å². The largest absolute Gasteiger partial charge is 1.00 e. The Labute approximate surface area is 682 Å². The summed E-state index contributed by atoms with van der Waals surface area (Å²) < 4.78 is 8.55. The van der Waals surface area contributed by atoms with E-state index in [1.807, 2.05) is 18.2 Å². The molecule has 0 fully saturated rings. The summed E-state index contributed by atoms with van der Waals surface area (Å²) >= 11 is 0. The van der Waals surface area contributed by atoms with E-state index in [2.05, 4.69) is 324 Å². The summed E-state index contributed by atoms with van der Waals surface area (Å²) in [5.74, 6) is 4.15. The van der Waals surface area contributed by atoms with Crippen LogP contribution in [-0.2, 0) is 51.7 Å². The van der Waals surface area contributed by atoms with Crippen molar-refractivity contribution in [2.75, 3.05) is 0 Å². The summed E-state index contributed by atoms with van der Waals surface area (Å²) in [7, 11) is -5.39. The fourth-order valence-electron chi connectivity index (χ4n) is 10.7. The van der Waals surface area contributed by atoms with Gasteiger partial charge >= 0.3 is 88.7 Å². The van der Waals surface area contributed by atoms with Gasteiger partial charge in [-0.15, -0.1) is 34.9 Å². The molecular weight excluding hydrogens is 1300 g/mol. The van der Waals surface area contributed by atoms with Crippen LogP contribution in [0, 0.1) is 50.7 Å². The fraction of sp³-hybridized carbons (Fsp3) is 0.586. The van der Waals surface area contributed by atoms with E-state index in [1.165, 1.54) is 33.4 Å². The van der Waals surface area contributed by atoms with E-state index >= 15 is 0 Å². The number of hydrogen-bond donors (Lipinski definition) is 0. The van der Waals surface area contributed by atoms with Gasteiger partial charge in [0, 0.05) is 16.7 Å². The summed E-state index contributed by atoms with van der Waals surface area (Å²) in [5.41, 5.74) is 17.1. The van der Waals surface area contributed by atoms with Crippen molar-refractivity contribution in [2.24, 2.45) is 32.5 Å². The fourth-order valence-corrected chi connectivity index (χ4v) is 10.7. The molecule has 0 unspecified atom stereocenters. The molecule has 14 heteroatoms. The van der Waals surface area contributed by atoms with Crippen LogP contribution in [0.4, 0.5) is 0 Å². The molecule has 0 spiro atoms. The minimum absolute atomic E-state index is 0. The van der Waals surface area contributed by atoms with Gasteiger partial charge in [-0.3, -0.25) is 14.7 Å². The summed E-state index contributed by atoms with van der Waals surface area (Å²) in [6, 6.07) is 22.7. The average Bonchev–Trinajstić information content (AvgIpc) is 0.793. The van der Waals surface area contributed by atoms with E-state index in [0.29, 0.717) is 17.2 Å². The van der Waals surface area contributed by atoms with Gasteiger partial charge < -0.3 is 33.9 Å². The molecule has 0 saturated heterocycles. The van der Waals surface area contributed by atoms with Crippen molar-refractivity contribution < 1.29 is 137 Å². The molecule has 0 aliphatic heterocycles. The first-order valence-electron chi connectivity index (χ1n) is 34.8. The van der Waals surface area contributed by atoms with Gasteiger partial charge in [0.2, 0.25) is 0 Å². The third kappa shape index (κ3) is 30.1. The van der Waals surface area contributed by atoms with Crippen LogP contribution in [0.2, 0.25) is 0 Å². The quantitative estimate of drug-likeness (QED) is 0.0668. The molecule has 3 aromatic carbocycles. The topological polar surface area (TPSA) is 142 Å². The Morgan fingerprint density at radius 3 is 0.624 bits per heavy atom. The Kier molecular flexibility index (Phi) is 34.5. The van der Waals surface area contributed by atoms with Gasteiger partial charge in [-0.1, -0.05) is 336 Å². The molecule has 0 saturated carbocycles. The van der Waals surface area contributed by atoms with Gasteiger partial charge in [0.1, 0.15) is 0 Å². The van der Waals surface area contributed by atoms with Crippen LogP contribution in [0.1, 0.15) is 302 Å². The molecule has 3 aliphatic carbocycles. The summed E-state index contributed by atoms with van der Waals surface area (Å²) in [6.07, 6.45) is 9.22. The molecule has 0 aromatic heterocycles. The van der Waals surface area contributed by atoms with Crippen LogP contribution >= 0.6 is 7.82 Å². The molecule has 3 aliphatic rings. The minimum atomic E-state index is -5.39. The molecule has 0 amide bonds. The van der Waals surface area contributed by atoms with Crippen molar-refractivity contribution in [3.8, 4) is 17.2 Å². The van der Waals surface area contributed by atoms with Crippen LogP contribution in [0.15, 0.2) is 142 Å². The third-order valence-electron chi connectivity index (χ3n) is 17.5. The SMILES string of the molecule is C=C1CC(C(C)(C)C)=CC(C(C)(C)C)=C1OOc1[c-]cc(C(C)(C)C)cc1C(C)(C)C.C=C1CC(C(C)(C)C)=CC(C(C)(C)C)=C1OOc1[c-]cc(C(C)(C)C)cc1C(C)(C)C.C=C1CC(C(C)(C)C)=CC(C(C)(C)C)=C1OOc1[c-]cc(C(C)(C)C)cc1C(C)(C)C.O=P([O-])([O-])[O-].[Na+].[Na+].[Na+]. The first-order valence-corrected chi connectivity index (χ1v) is 36.3. The standard InChI is InChI=1S/3C29H43O2.3Na.H3O4P/c3*1-19-16-21(27(5,6)7)18-23(29(11,12)13)25(19)31-30-24-15-14-20(26(2,3)4)17-22(24)28(8,9)10;;;;1-5(2,3)4/h3*14,17-18H,1,16H2,2-13H3;;;;(H3,1,2,3,4)/q3*-1;3*+1;/p-3. The van der Waals surface area contributed by atoms with Crippen LogP contribution in [0.5, 0.6) is 17.2 Å². The number of phosphoric acid groups is 1. The first kappa shape index (κ1) is 98.2. The zero-order chi connectivity index (χ0) is 76.5. The van der Waals surface area contributed by atoms with Crippen LogP contribution in [0.25, 0.3) is 0 Å². The maximum Gasteiger partial charge on any atom is 1.00 e. The first-order chi connectivity index (χ1) is 43.4. The molecule has 6 rings (SSSR count). The number of rotatable bonds is 9. The maximum absolute atomic E-state index is 8.55. The molecule has 548 valence electrons. The zero-order valence-electron chi connectivity index (χ0n) is 71.0. The Morgan fingerprint density at radius 2 is 0.485 bits per heavy atom. The monoisotopic (exact) mass is 1430 g/mol. The van der Waals surface area contributed by atoms with Gasteiger partial charge in [0.25, 0.3) is 0 Å². The Balaban J connectivity index is 0.00000141. The molecule has 0 N–H and O–H groups in total. The summed E-state index contributed by atoms with van der Waals surface area (Å²) in [6.45, 7) is 92.6. The Bertz CT molecular complexity index is 3270. The summed E-state index contributed by atoms with van der Waals surface area (Å²) in [4.78, 5) is 61.7. The van der Waals surface area contributed by atoms with Crippen molar-refractivity contribution in [3.05, 3.63) is 193 Å². The number of hydrogen-bond acceptors (Lipinski definition) is 10. The Morgan fingerprint density at radius 1 is 0.307 bits per heavy atom. The maximum atomic E-state index is 8.55. The number of benzene rings is 3. The molecule has 0 bridgehead atoms. The Hall–Kier alpha value is -2.77. The zero-order valence-corrected chi connectivity index (χ0v) is 77.9. The van der Waals surface area contributed by atoms with Crippen LogP contribution in [0.3, 0.4) is 0 Å². The average molecular weight is 1430 g/mol. The van der Waals surface area contributed by atoms with E-state index in [0.717, 1.165) is 86.7 Å². The summed E-state index contributed by atoms with van der Waals surface area (Å²) in [5, 5.41) is 0.